The van der Waals surface area contributed by atoms with Crippen LogP contribution in [0.4, 0.5) is 0 Å². The fourth-order valence-corrected chi connectivity index (χ4v) is 2.40. The van der Waals surface area contributed by atoms with Gasteiger partial charge in [-0.2, -0.15) is 4.98 Å². The van der Waals surface area contributed by atoms with Gasteiger partial charge in [0.1, 0.15) is 0 Å². The smallest absolute Gasteiger partial charge is 0.229 e. The number of hydrogen-bond donors (Lipinski definition) is 1. The highest BCUT2D eigenvalue weighted by molar-refractivity contribution is 5.85. The van der Waals surface area contributed by atoms with Crippen LogP contribution in [-0.4, -0.2) is 15.1 Å². The minimum absolute atomic E-state index is 0.412. The van der Waals surface area contributed by atoms with Gasteiger partial charge < -0.3 is 10.3 Å². The molecule has 1 fully saturated rings. The average Bonchev–Trinajstić information content (AvgIpc) is 3.23. The summed E-state index contributed by atoms with van der Waals surface area (Å²) >= 11 is 0. The number of rotatable bonds is 3. The largest absolute Gasteiger partial charge is 0.339 e. The fraction of sp³-hybridized carbons (Fsp3) is 0.267. The lowest BCUT2D eigenvalue weighted by Crippen LogP contribution is -2.14. The molecular formula is C15H14N4O. The predicted molar refractivity (Wildman–Crippen MR) is 74.0 cm³/mol. The molecule has 1 atom stereocenters. The van der Waals surface area contributed by atoms with Crippen LogP contribution in [0.1, 0.15) is 42.1 Å². The van der Waals surface area contributed by atoms with E-state index < -0.39 is 6.04 Å². The van der Waals surface area contributed by atoms with Crippen molar-refractivity contribution in [2.24, 2.45) is 5.73 Å². The molecule has 0 amide bonds. The molecular weight excluding hydrogens is 252 g/mol. The lowest BCUT2D eigenvalue weighted by atomic mass is 10.0. The summed E-state index contributed by atoms with van der Waals surface area (Å²) in [5.74, 6) is 1.68. The first kappa shape index (κ1) is 11.5. The summed E-state index contributed by atoms with van der Waals surface area (Å²) in [5, 5.41) is 6.16. The molecule has 5 nitrogen and oxygen atoms in total. The van der Waals surface area contributed by atoms with E-state index >= 15 is 0 Å². The van der Waals surface area contributed by atoms with Crippen molar-refractivity contribution in [1.82, 2.24) is 15.1 Å². The number of aromatic nitrogens is 3. The van der Waals surface area contributed by atoms with E-state index in [1.165, 1.54) is 0 Å². The Morgan fingerprint density at radius 1 is 1.20 bits per heavy atom. The zero-order valence-electron chi connectivity index (χ0n) is 10.9. The number of fused-ring (bicyclic) bond motifs is 1. The lowest BCUT2D eigenvalue weighted by molar-refractivity contribution is 0.372. The Hall–Kier alpha value is -2.27. The van der Waals surface area contributed by atoms with Gasteiger partial charge in [0, 0.05) is 29.3 Å². The van der Waals surface area contributed by atoms with E-state index in [1.807, 2.05) is 30.5 Å². The highest BCUT2D eigenvalue weighted by Crippen LogP contribution is 2.39. The van der Waals surface area contributed by atoms with Crippen LogP contribution in [0.2, 0.25) is 0 Å². The summed E-state index contributed by atoms with van der Waals surface area (Å²) in [7, 11) is 0. The molecule has 2 heterocycles. The fourth-order valence-electron chi connectivity index (χ4n) is 2.40. The van der Waals surface area contributed by atoms with Crippen molar-refractivity contribution in [2.45, 2.75) is 24.8 Å². The molecule has 1 unspecified atom stereocenters. The molecule has 5 heteroatoms. The van der Waals surface area contributed by atoms with E-state index in [9.17, 15) is 0 Å². The Labute approximate surface area is 115 Å². The predicted octanol–water partition coefficient (Wildman–Crippen LogP) is 2.54. The Kier molecular flexibility index (Phi) is 2.53. The van der Waals surface area contributed by atoms with Crippen molar-refractivity contribution < 1.29 is 4.52 Å². The number of pyridine rings is 1. The Bertz CT molecular complexity index is 758. The first-order valence-corrected chi connectivity index (χ1v) is 6.74. The topological polar surface area (TPSA) is 77.8 Å². The lowest BCUT2D eigenvalue weighted by Gasteiger charge is -2.10. The summed E-state index contributed by atoms with van der Waals surface area (Å²) in [6.45, 7) is 0. The SMILES string of the molecule is NC(c1noc(C2CC2)n1)c1cncc2ccccc12. The van der Waals surface area contributed by atoms with Gasteiger partial charge in [0.05, 0.1) is 6.04 Å². The van der Waals surface area contributed by atoms with Crippen molar-refractivity contribution in [3.8, 4) is 0 Å². The Balaban J connectivity index is 1.77. The van der Waals surface area contributed by atoms with Crippen LogP contribution in [0.15, 0.2) is 41.2 Å². The van der Waals surface area contributed by atoms with Crippen LogP contribution >= 0.6 is 0 Å². The maximum atomic E-state index is 6.29. The Morgan fingerprint density at radius 3 is 2.90 bits per heavy atom. The van der Waals surface area contributed by atoms with Crippen LogP contribution in [0.25, 0.3) is 10.8 Å². The van der Waals surface area contributed by atoms with Crippen LogP contribution in [0.3, 0.4) is 0 Å². The van der Waals surface area contributed by atoms with Gasteiger partial charge in [-0.05, 0) is 18.2 Å². The molecule has 2 aromatic heterocycles. The van der Waals surface area contributed by atoms with Crippen molar-refractivity contribution in [2.75, 3.05) is 0 Å². The van der Waals surface area contributed by atoms with Gasteiger partial charge in [-0.15, -0.1) is 0 Å². The zero-order chi connectivity index (χ0) is 13.5. The number of hydrogen-bond acceptors (Lipinski definition) is 5. The van der Waals surface area contributed by atoms with Crippen molar-refractivity contribution in [3.05, 3.63) is 53.9 Å². The minimum Gasteiger partial charge on any atom is -0.339 e. The third-order valence-electron chi connectivity index (χ3n) is 3.70. The van der Waals surface area contributed by atoms with Gasteiger partial charge in [0.25, 0.3) is 0 Å². The molecule has 3 aromatic rings. The molecule has 1 aliphatic rings. The maximum absolute atomic E-state index is 6.29. The van der Waals surface area contributed by atoms with Crippen LogP contribution in [0.5, 0.6) is 0 Å². The van der Waals surface area contributed by atoms with Gasteiger partial charge in [-0.1, -0.05) is 29.4 Å². The van der Waals surface area contributed by atoms with Gasteiger partial charge in [0.2, 0.25) is 5.89 Å². The maximum Gasteiger partial charge on any atom is 0.229 e. The number of nitrogens with zero attached hydrogens (tertiary/aromatic N) is 3. The Morgan fingerprint density at radius 2 is 2.05 bits per heavy atom. The molecule has 0 radical (unpaired) electrons. The first-order valence-electron chi connectivity index (χ1n) is 6.74. The molecule has 2 N–H and O–H groups in total. The normalized spacial score (nSPS) is 16.4. The molecule has 0 bridgehead atoms. The second kappa shape index (κ2) is 4.38. The molecule has 1 aromatic carbocycles. The first-order chi connectivity index (χ1) is 9.83. The summed E-state index contributed by atoms with van der Waals surface area (Å²) in [6, 6.07) is 7.62. The minimum atomic E-state index is -0.412. The summed E-state index contributed by atoms with van der Waals surface area (Å²) < 4.78 is 5.28. The molecule has 4 rings (SSSR count). The van der Waals surface area contributed by atoms with Crippen LogP contribution < -0.4 is 5.73 Å². The van der Waals surface area contributed by atoms with E-state index in [1.54, 1.807) is 6.20 Å². The highest BCUT2D eigenvalue weighted by atomic mass is 16.5. The monoisotopic (exact) mass is 266 g/mol. The molecule has 0 saturated heterocycles. The zero-order valence-corrected chi connectivity index (χ0v) is 10.9. The third-order valence-corrected chi connectivity index (χ3v) is 3.70. The molecule has 1 saturated carbocycles. The van der Waals surface area contributed by atoms with Crippen molar-refractivity contribution in [3.63, 3.8) is 0 Å². The number of benzene rings is 1. The van der Waals surface area contributed by atoms with E-state index in [4.69, 9.17) is 10.3 Å². The third kappa shape index (κ3) is 1.87. The highest BCUT2D eigenvalue weighted by Gasteiger charge is 2.30. The van der Waals surface area contributed by atoms with E-state index in [2.05, 4.69) is 15.1 Å². The van der Waals surface area contributed by atoms with E-state index in [-0.39, 0.29) is 0 Å². The molecule has 100 valence electrons. The van der Waals surface area contributed by atoms with Crippen LogP contribution in [-0.2, 0) is 0 Å². The molecule has 1 aliphatic carbocycles. The summed E-state index contributed by atoms with van der Waals surface area (Å²) in [4.78, 5) is 8.67. The average molecular weight is 266 g/mol. The second-order valence-electron chi connectivity index (χ2n) is 5.19. The van der Waals surface area contributed by atoms with Crippen LogP contribution in [0, 0.1) is 0 Å². The molecule has 20 heavy (non-hydrogen) atoms. The quantitative estimate of drug-likeness (QED) is 0.788. The summed E-state index contributed by atoms with van der Waals surface area (Å²) in [6.07, 6.45) is 5.87. The standard InChI is InChI=1S/C15H14N4O/c16-13(14-18-15(20-19-14)9-5-6-9)12-8-17-7-10-3-1-2-4-11(10)12/h1-4,7-9,13H,5-6,16H2. The van der Waals surface area contributed by atoms with Gasteiger partial charge in [-0.3, -0.25) is 4.98 Å². The van der Waals surface area contributed by atoms with Gasteiger partial charge >= 0.3 is 0 Å². The van der Waals surface area contributed by atoms with E-state index in [0.717, 1.165) is 29.2 Å². The molecule has 0 spiro atoms. The second-order valence-corrected chi connectivity index (χ2v) is 5.19. The van der Waals surface area contributed by atoms with Gasteiger partial charge in [0.15, 0.2) is 5.82 Å². The van der Waals surface area contributed by atoms with Gasteiger partial charge in [-0.25, -0.2) is 0 Å². The number of nitrogens with two attached hydrogens (primary N) is 1. The van der Waals surface area contributed by atoms with Crippen molar-refractivity contribution in [1.29, 1.82) is 0 Å². The summed E-state index contributed by atoms with van der Waals surface area (Å²) in [5.41, 5.74) is 7.21. The van der Waals surface area contributed by atoms with Crippen molar-refractivity contribution >= 4 is 10.8 Å². The van der Waals surface area contributed by atoms with E-state index in [0.29, 0.717) is 17.6 Å². The molecule has 0 aliphatic heterocycles.